The Hall–Kier alpha value is -3.96. The maximum absolute atomic E-state index is 13.3. The number of methoxy groups -OCH3 is 1. The summed E-state index contributed by atoms with van der Waals surface area (Å²) in [6.45, 7) is 2.67. The first-order valence-corrected chi connectivity index (χ1v) is 9.79. The maximum atomic E-state index is 13.3. The van der Waals surface area contributed by atoms with Gasteiger partial charge < -0.3 is 9.30 Å². The highest BCUT2D eigenvalue weighted by Crippen LogP contribution is 2.16. The number of fused-ring (bicyclic) bond motifs is 1. The van der Waals surface area contributed by atoms with Crippen molar-refractivity contribution >= 4 is 11.2 Å². The highest BCUT2D eigenvalue weighted by molar-refractivity contribution is 5.72. The van der Waals surface area contributed by atoms with Crippen molar-refractivity contribution in [2.24, 2.45) is 0 Å². The predicted molar refractivity (Wildman–Crippen MR) is 116 cm³/mol. The minimum atomic E-state index is -0.463. The summed E-state index contributed by atoms with van der Waals surface area (Å²) in [5, 5.41) is 9.16. The summed E-state index contributed by atoms with van der Waals surface area (Å²) in [6.07, 6.45) is 1.55. The minimum absolute atomic E-state index is 0.130. The molecule has 0 aliphatic heterocycles. The monoisotopic (exact) mass is 415 g/mol. The summed E-state index contributed by atoms with van der Waals surface area (Å²) in [5.74, 6) is 0. The summed E-state index contributed by atoms with van der Waals surface area (Å²) in [5.41, 5.74) is 2.81. The van der Waals surface area contributed by atoms with Crippen LogP contribution in [0.4, 0.5) is 0 Å². The van der Waals surface area contributed by atoms with Crippen LogP contribution in [0.5, 0.6) is 0 Å². The normalized spacial score (nSPS) is 11.0. The molecule has 0 saturated carbocycles. The molecule has 2 aromatic carbocycles. The van der Waals surface area contributed by atoms with Gasteiger partial charge in [-0.2, -0.15) is 5.26 Å². The molecule has 0 aliphatic rings. The van der Waals surface area contributed by atoms with Crippen molar-refractivity contribution in [2.45, 2.75) is 20.0 Å². The number of aryl methyl sites for hydroxylation is 1. The Kier molecular flexibility index (Phi) is 5.52. The average Bonchev–Trinajstić information content (AvgIpc) is 3.18. The molecular weight excluding hydrogens is 394 g/mol. The number of imidazole rings is 1. The van der Waals surface area contributed by atoms with E-state index in [2.05, 4.69) is 11.1 Å². The van der Waals surface area contributed by atoms with Crippen LogP contribution in [0.3, 0.4) is 0 Å². The van der Waals surface area contributed by atoms with Crippen LogP contribution < -0.4 is 11.2 Å². The van der Waals surface area contributed by atoms with Crippen molar-refractivity contribution in [3.8, 4) is 11.8 Å². The Morgan fingerprint density at radius 3 is 2.61 bits per heavy atom. The van der Waals surface area contributed by atoms with E-state index in [1.54, 1.807) is 29.1 Å². The quantitative estimate of drug-likeness (QED) is 0.481. The van der Waals surface area contributed by atoms with E-state index in [0.717, 1.165) is 11.1 Å². The third-order valence-corrected chi connectivity index (χ3v) is 5.12. The average molecular weight is 415 g/mol. The molecule has 0 spiro atoms. The van der Waals surface area contributed by atoms with E-state index in [-0.39, 0.29) is 13.2 Å². The maximum Gasteiger partial charge on any atom is 0.337 e. The fourth-order valence-corrected chi connectivity index (χ4v) is 3.54. The lowest BCUT2D eigenvalue weighted by molar-refractivity contribution is 0.184. The Morgan fingerprint density at radius 1 is 1.13 bits per heavy atom. The van der Waals surface area contributed by atoms with Crippen LogP contribution in [0.25, 0.3) is 16.9 Å². The van der Waals surface area contributed by atoms with Crippen LogP contribution in [-0.4, -0.2) is 32.4 Å². The molecule has 0 aliphatic carbocycles. The Bertz CT molecular complexity index is 1400. The van der Waals surface area contributed by atoms with Crippen molar-refractivity contribution < 1.29 is 4.74 Å². The number of hydrogen-bond acceptors (Lipinski definition) is 5. The smallest absolute Gasteiger partial charge is 0.337 e. The van der Waals surface area contributed by atoms with E-state index in [1.807, 2.05) is 37.3 Å². The molecule has 0 atom stereocenters. The molecular formula is C23H21N5O3. The fraction of sp³-hybridized carbons (Fsp3) is 0.217. The van der Waals surface area contributed by atoms with Crippen LogP contribution >= 0.6 is 0 Å². The van der Waals surface area contributed by atoms with E-state index < -0.39 is 11.2 Å². The van der Waals surface area contributed by atoms with Gasteiger partial charge in [-0.1, -0.05) is 29.8 Å². The molecule has 4 rings (SSSR count). The summed E-state index contributed by atoms with van der Waals surface area (Å²) in [7, 11) is 1.52. The Balaban J connectivity index is 1.95. The number of nitriles is 1. The topological polar surface area (TPSA) is 94.8 Å². The number of aromatic nitrogens is 4. The van der Waals surface area contributed by atoms with Gasteiger partial charge in [0.05, 0.1) is 36.8 Å². The van der Waals surface area contributed by atoms with E-state index in [9.17, 15) is 9.59 Å². The van der Waals surface area contributed by atoms with Gasteiger partial charge >= 0.3 is 5.69 Å². The van der Waals surface area contributed by atoms with Crippen molar-refractivity contribution in [3.05, 3.63) is 92.4 Å². The molecule has 8 nitrogen and oxygen atoms in total. The van der Waals surface area contributed by atoms with Gasteiger partial charge in [-0.05, 0) is 36.8 Å². The number of benzene rings is 2. The van der Waals surface area contributed by atoms with E-state index in [1.165, 1.54) is 16.2 Å². The van der Waals surface area contributed by atoms with Gasteiger partial charge in [0, 0.05) is 13.7 Å². The van der Waals surface area contributed by atoms with Gasteiger partial charge in [-0.15, -0.1) is 0 Å². The summed E-state index contributed by atoms with van der Waals surface area (Å²) >= 11 is 0. The molecule has 2 heterocycles. The summed E-state index contributed by atoms with van der Waals surface area (Å²) in [6, 6.07) is 16.8. The largest absolute Gasteiger partial charge is 0.383 e. The zero-order valence-electron chi connectivity index (χ0n) is 17.3. The molecule has 156 valence electrons. The van der Waals surface area contributed by atoms with Crippen molar-refractivity contribution in [3.63, 3.8) is 0 Å². The van der Waals surface area contributed by atoms with Gasteiger partial charge in [-0.25, -0.2) is 14.3 Å². The predicted octanol–water partition coefficient (Wildman–Crippen LogP) is 2.22. The summed E-state index contributed by atoms with van der Waals surface area (Å²) < 4.78 is 9.44. The van der Waals surface area contributed by atoms with Gasteiger partial charge in [-0.3, -0.25) is 9.36 Å². The molecule has 2 aromatic heterocycles. The number of hydrogen-bond donors (Lipinski definition) is 0. The second-order valence-corrected chi connectivity index (χ2v) is 7.26. The summed E-state index contributed by atoms with van der Waals surface area (Å²) in [4.78, 5) is 30.9. The van der Waals surface area contributed by atoms with Crippen molar-refractivity contribution in [2.75, 3.05) is 13.7 Å². The Morgan fingerprint density at radius 2 is 1.90 bits per heavy atom. The lowest BCUT2D eigenvalue weighted by atomic mass is 10.1. The molecule has 0 amide bonds. The third-order valence-electron chi connectivity index (χ3n) is 5.12. The first kappa shape index (κ1) is 20.3. The van der Waals surface area contributed by atoms with E-state index >= 15 is 0 Å². The van der Waals surface area contributed by atoms with Gasteiger partial charge in [0.2, 0.25) is 0 Å². The highest BCUT2D eigenvalue weighted by Gasteiger charge is 2.19. The van der Waals surface area contributed by atoms with Gasteiger partial charge in [0.15, 0.2) is 11.2 Å². The van der Waals surface area contributed by atoms with Crippen LogP contribution in [0, 0.1) is 18.3 Å². The van der Waals surface area contributed by atoms with E-state index in [0.29, 0.717) is 29.0 Å². The van der Waals surface area contributed by atoms with Gasteiger partial charge in [0.1, 0.15) is 0 Å². The molecule has 0 saturated heterocycles. The SMILES string of the molecule is COCCn1c(=O)c2c(ncn2Cc2cccc(C#N)c2)n(-c2ccc(C)cc2)c1=O. The number of rotatable bonds is 6. The molecule has 0 radical (unpaired) electrons. The Labute approximate surface area is 178 Å². The second-order valence-electron chi connectivity index (χ2n) is 7.26. The molecule has 0 N–H and O–H groups in total. The number of ether oxygens (including phenoxy) is 1. The van der Waals surface area contributed by atoms with Gasteiger partial charge in [0.25, 0.3) is 5.56 Å². The van der Waals surface area contributed by atoms with E-state index in [4.69, 9.17) is 10.00 Å². The first-order chi connectivity index (χ1) is 15.0. The molecule has 0 fully saturated rings. The molecule has 8 heteroatoms. The molecule has 4 aromatic rings. The second kappa shape index (κ2) is 8.42. The highest BCUT2D eigenvalue weighted by atomic mass is 16.5. The van der Waals surface area contributed by atoms with Crippen LogP contribution in [0.2, 0.25) is 0 Å². The standard InChI is InChI=1S/C23H21N5O3/c1-16-6-8-19(9-7-16)28-21-20(22(29)27(23(28)30)10-11-31-2)26(15-25-21)14-18-5-3-4-17(12-18)13-24/h3-9,12,15H,10-11,14H2,1-2H3. The first-order valence-electron chi connectivity index (χ1n) is 9.79. The van der Waals surface area contributed by atoms with Crippen LogP contribution in [-0.2, 0) is 17.8 Å². The lowest BCUT2D eigenvalue weighted by Crippen LogP contribution is -2.41. The fourth-order valence-electron chi connectivity index (χ4n) is 3.54. The van der Waals surface area contributed by atoms with Crippen LogP contribution in [0.15, 0.2) is 64.4 Å². The minimum Gasteiger partial charge on any atom is -0.383 e. The van der Waals surface area contributed by atoms with Crippen molar-refractivity contribution in [1.29, 1.82) is 5.26 Å². The van der Waals surface area contributed by atoms with Crippen LogP contribution in [0.1, 0.15) is 16.7 Å². The molecule has 31 heavy (non-hydrogen) atoms. The lowest BCUT2D eigenvalue weighted by Gasteiger charge is -2.13. The van der Waals surface area contributed by atoms with Crippen molar-refractivity contribution in [1.82, 2.24) is 18.7 Å². The molecule has 0 bridgehead atoms. The third kappa shape index (κ3) is 3.79. The molecule has 0 unspecified atom stereocenters. The zero-order chi connectivity index (χ0) is 22.0. The number of nitrogens with zero attached hydrogens (tertiary/aromatic N) is 5. The zero-order valence-corrected chi connectivity index (χ0v) is 17.3.